The van der Waals surface area contributed by atoms with E-state index >= 15 is 0 Å². The molecule has 1 aromatic carbocycles. The topological polar surface area (TPSA) is 86.5 Å². The van der Waals surface area contributed by atoms with Crippen molar-refractivity contribution in [2.24, 2.45) is 0 Å². The zero-order chi connectivity index (χ0) is 17.5. The number of aliphatic carboxylic acids is 1. The lowest BCUT2D eigenvalue weighted by atomic mass is 10.2. The predicted octanol–water partition coefficient (Wildman–Crippen LogP) is 2.80. The molecule has 2 rings (SSSR count). The highest BCUT2D eigenvalue weighted by Gasteiger charge is 2.21. The van der Waals surface area contributed by atoms with E-state index in [1.54, 1.807) is 14.2 Å². The molecule has 0 fully saturated rings. The van der Waals surface area contributed by atoms with E-state index in [4.69, 9.17) is 14.6 Å². The van der Waals surface area contributed by atoms with Crippen LogP contribution in [-0.2, 0) is 11.2 Å². The SMILES string of the molecule is CCCCc1nnc(SCC(=O)O)n1-c1c(OC)cccc1OC. The Kier molecular flexibility index (Phi) is 6.48. The number of unbranched alkanes of at least 4 members (excludes halogenated alkanes) is 1. The van der Waals surface area contributed by atoms with Gasteiger partial charge in [-0.3, -0.25) is 9.36 Å². The highest BCUT2D eigenvalue weighted by Crippen LogP contribution is 2.36. The van der Waals surface area contributed by atoms with Gasteiger partial charge in [0.1, 0.15) is 23.0 Å². The lowest BCUT2D eigenvalue weighted by Crippen LogP contribution is -2.08. The minimum Gasteiger partial charge on any atom is -0.494 e. The normalized spacial score (nSPS) is 10.6. The molecule has 7 nitrogen and oxygen atoms in total. The van der Waals surface area contributed by atoms with Gasteiger partial charge in [0.15, 0.2) is 5.16 Å². The Morgan fingerprint density at radius 2 is 1.92 bits per heavy atom. The Labute approximate surface area is 145 Å². The van der Waals surface area contributed by atoms with Crippen LogP contribution in [0.15, 0.2) is 23.4 Å². The molecule has 130 valence electrons. The van der Waals surface area contributed by atoms with Gasteiger partial charge in [-0.1, -0.05) is 31.2 Å². The molecule has 0 aliphatic carbocycles. The number of benzene rings is 1. The fraction of sp³-hybridized carbons (Fsp3) is 0.438. The molecule has 8 heteroatoms. The number of methoxy groups -OCH3 is 2. The van der Waals surface area contributed by atoms with E-state index in [-0.39, 0.29) is 5.75 Å². The van der Waals surface area contributed by atoms with E-state index in [0.717, 1.165) is 36.8 Å². The Hall–Kier alpha value is -2.22. The van der Waals surface area contributed by atoms with Crippen molar-refractivity contribution in [3.8, 4) is 17.2 Å². The number of hydrogen-bond acceptors (Lipinski definition) is 6. The second kappa shape index (κ2) is 8.58. The van der Waals surface area contributed by atoms with Crippen molar-refractivity contribution in [1.29, 1.82) is 0 Å². The van der Waals surface area contributed by atoms with E-state index in [0.29, 0.717) is 22.3 Å². The summed E-state index contributed by atoms with van der Waals surface area (Å²) < 4.78 is 12.8. The largest absolute Gasteiger partial charge is 0.494 e. The second-order valence-electron chi connectivity index (χ2n) is 5.03. The molecule has 0 amide bonds. The monoisotopic (exact) mass is 351 g/mol. The molecular weight excluding hydrogens is 330 g/mol. The molecule has 0 atom stereocenters. The van der Waals surface area contributed by atoms with Gasteiger partial charge in [-0.25, -0.2) is 0 Å². The molecule has 24 heavy (non-hydrogen) atoms. The number of carboxylic acids is 1. The minimum absolute atomic E-state index is 0.0939. The van der Waals surface area contributed by atoms with Gasteiger partial charge in [0.05, 0.1) is 20.0 Å². The van der Waals surface area contributed by atoms with E-state index in [2.05, 4.69) is 17.1 Å². The van der Waals surface area contributed by atoms with Gasteiger partial charge in [-0.05, 0) is 18.6 Å². The van der Waals surface area contributed by atoms with Crippen molar-refractivity contribution in [2.75, 3.05) is 20.0 Å². The van der Waals surface area contributed by atoms with E-state index in [1.165, 1.54) is 0 Å². The summed E-state index contributed by atoms with van der Waals surface area (Å²) in [6.07, 6.45) is 2.71. The number of para-hydroxylation sites is 1. The number of aryl methyl sites for hydroxylation is 1. The van der Waals surface area contributed by atoms with Crippen LogP contribution in [0.25, 0.3) is 5.69 Å². The Morgan fingerprint density at radius 3 is 2.46 bits per heavy atom. The molecule has 0 aliphatic rings. The van der Waals surface area contributed by atoms with Crippen LogP contribution in [0.2, 0.25) is 0 Å². The molecule has 1 N–H and O–H groups in total. The fourth-order valence-corrected chi connectivity index (χ4v) is 2.97. The van der Waals surface area contributed by atoms with Crippen molar-refractivity contribution in [2.45, 2.75) is 31.3 Å². The molecule has 1 aromatic heterocycles. The summed E-state index contributed by atoms with van der Waals surface area (Å²) in [7, 11) is 3.16. The van der Waals surface area contributed by atoms with E-state index in [9.17, 15) is 4.79 Å². The molecule has 2 aromatic rings. The van der Waals surface area contributed by atoms with Crippen molar-refractivity contribution in [3.63, 3.8) is 0 Å². The van der Waals surface area contributed by atoms with Crippen LogP contribution < -0.4 is 9.47 Å². The number of nitrogens with zero attached hydrogens (tertiary/aromatic N) is 3. The number of hydrogen-bond donors (Lipinski definition) is 1. The van der Waals surface area contributed by atoms with E-state index in [1.807, 2.05) is 22.8 Å². The van der Waals surface area contributed by atoms with Crippen molar-refractivity contribution in [1.82, 2.24) is 14.8 Å². The number of carbonyl (C=O) groups is 1. The van der Waals surface area contributed by atoms with Gasteiger partial charge >= 0.3 is 5.97 Å². The molecule has 0 unspecified atom stereocenters. The predicted molar refractivity (Wildman–Crippen MR) is 91.4 cm³/mol. The summed E-state index contributed by atoms with van der Waals surface area (Å²) in [4.78, 5) is 10.9. The molecule has 0 saturated carbocycles. The lowest BCUT2D eigenvalue weighted by molar-refractivity contribution is -0.133. The summed E-state index contributed by atoms with van der Waals surface area (Å²) in [6.45, 7) is 2.10. The summed E-state index contributed by atoms with van der Waals surface area (Å²) in [5, 5.41) is 17.9. The minimum atomic E-state index is -0.906. The van der Waals surface area contributed by atoms with Crippen molar-refractivity contribution in [3.05, 3.63) is 24.0 Å². The number of carboxylic acid groups (broad SMARTS) is 1. The molecule has 0 saturated heterocycles. The highest BCUT2D eigenvalue weighted by atomic mass is 32.2. The smallest absolute Gasteiger partial charge is 0.313 e. The van der Waals surface area contributed by atoms with Crippen LogP contribution >= 0.6 is 11.8 Å². The van der Waals surface area contributed by atoms with Gasteiger partial charge in [0, 0.05) is 6.42 Å². The molecule has 0 bridgehead atoms. The number of rotatable bonds is 9. The van der Waals surface area contributed by atoms with Crippen LogP contribution in [0.5, 0.6) is 11.5 Å². The number of ether oxygens (including phenoxy) is 2. The van der Waals surface area contributed by atoms with Gasteiger partial charge in [-0.15, -0.1) is 10.2 Å². The third-order valence-corrected chi connectivity index (χ3v) is 4.32. The number of thioether (sulfide) groups is 1. The summed E-state index contributed by atoms with van der Waals surface area (Å²) in [6, 6.07) is 5.49. The van der Waals surface area contributed by atoms with Gasteiger partial charge in [0.2, 0.25) is 0 Å². The first-order valence-electron chi connectivity index (χ1n) is 7.62. The average Bonchev–Trinajstić information content (AvgIpc) is 2.99. The maximum absolute atomic E-state index is 10.9. The Balaban J connectivity index is 2.57. The third kappa shape index (κ3) is 4.00. The number of aromatic nitrogens is 3. The molecular formula is C16H21N3O4S. The Morgan fingerprint density at radius 1 is 1.25 bits per heavy atom. The zero-order valence-corrected chi connectivity index (χ0v) is 14.8. The summed E-state index contributed by atoms with van der Waals surface area (Å²) in [5.41, 5.74) is 0.687. The lowest BCUT2D eigenvalue weighted by Gasteiger charge is -2.16. The molecule has 1 heterocycles. The zero-order valence-electron chi connectivity index (χ0n) is 14.0. The maximum atomic E-state index is 10.9. The highest BCUT2D eigenvalue weighted by molar-refractivity contribution is 7.99. The fourth-order valence-electron chi connectivity index (χ4n) is 2.29. The standard InChI is InChI=1S/C16H21N3O4S/c1-4-5-9-13-17-18-16(24-10-14(20)21)19(13)15-11(22-2)7-6-8-12(15)23-3/h6-8H,4-5,9-10H2,1-3H3,(H,20,21). The first kappa shape index (κ1) is 18.1. The summed E-state index contributed by atoms with van der Waals surface area (Å²) in [5.74, 6) is 0.987. The molecule has 0 aliphatic heterocycles. The Bertz CT molecular complexity index is 680. The van der Waals surface area contributed by atoms with Crippen LogP contribution in [0.1, 0.15) is 25.6 Å². The van der Waals surface area contributed by atoms with Crippen molar-refractivity contribution < 1.29 is 19.4 Å². The third-order valence-electron chi connectivity index (χ3n) is 3.40. The second-order valence-corrected chi connectivity index (χ2v) is 5.97. The molecule has 0 spiro atoms. The van der Waals surface area contributed by atoms with Crippen molar-refractivity contribution >= 4 is 17.7 Å². The van der Waals surface area contributed by atoms with Crippen LogP contribution in [0.4, 0.5) is 0 Å². The van der Waals surface area contributed by atoms with Crippen LogP contribution in [0.3, 0.4) is 0 Å². The quantitative estimate of drug-likeness (QED) is 0.695. The average molecular weight is 351 g/mol. The first-order chi connectivity index (χ1) is 11.6. The van der Waals surface area contributed by atoms with Gasteiger partial charge in [0.25, 0.3) is 0 Å². The first-order valence-corrected chi connectivity index (χ1v) is 8.61. The summed E-state index contributed by atoms with van der Waals surface area (Å²) >= 11 is 1.12. The van der Waals surface area contributed by atoms with Gasteiger partial charge in [-0.2, -0.15) is 0 Å². The van der Waals surface area contributed by atoms with E-state index < -0.39 is 5.97 Å². The van der Waals surface area contributed by atoms with Gasteiger partial charge < -0.3 is 14.6 Å². The van der Waals surface area contributed by atoms with Crippen LogP contribution in [0, 0.1) is 0 Å². The van der Waals surface area contributed by atoms with Crippen LogP contribution in [-0.4, -0.2) is 45.8 Å². The molecule has 0 radical (unpaired) electrons. The maximum Gasteiger partial charge on any atom is 0.313 e.